The number of rotatable bonds is 2. The van der Waals surface area contributed by atoms with Crippen LogP contribution in [0.5, 0.6) is 0 Å². The van der Waals surface area contributed by atoms with Crippen LogP contribution in [-0.4, -0.2) is 0 Å². The largest absolute Gasteiger partial charge is 0.355 e. The van der Waals surface area contributed by atoms with Gasteiger partial charge >= 0.3 is 0 Å². The lowest BCUT2D eigenvalue weighted by molar-refractivity contribution is 1.35. The van der Waals surface area contributed by atoms with E-state index in [1.165, 1.54) is 27.9 Å². The maximum Gasteiger partial charge on any atom is 0.0416 e. The van der Waals surface area contributed by atoms with E-state index < -0.39 is 0 Å². The molecule has 1 nitrogen and oxygen atoms in total. The van der Waals surface area contributed by atoms with Crippen molar-refractivity contribution >= 4 is 11.4 Å². The average molecular weight is 225 g/mol. The summed E-state index contributed by atoms with van der Waals surface area (Å²) >= 11 is 0. The summed E-state index contributed by atoms with van der Waals surface area (Å²) in [5, 5.41) is 3.49. The summed E-state index contributed by atoms with van der Waals surface area (Å²) in [6.45, 7) is 8.50. The molecule has 0 aromatic heterocycles. The summed E-state index contributed by atoms with van der Waals surface area (Å²) in [5.41, 5.74) is 7.49. The molecule has 0 amide bonds. The highest BCUT2D eigenvalue weighted by Crippen LogP contribution is 2.23. The Bertz CT molecular complexity index is 521. The molecule has 0 saturated carbocycles. The van der Waals surface area contributed by atoms with Crippen molar-refractivity contribution in [2.45, 2.75) is 27.7 Å². The summed E-state index contributed by atoms with van der Waals surface area (Å²) in [6.07, 6.45) is 0. The summed E-state index contributed by atoms with van der Waals surface area (Å²) in [7, 11) is 0. The smallest absolute Gasteiger partial charge is 0.0416 e. The minimum Gasteiger partial charge on any atom is -0.355 e. The Morgan fingerprint density at radius 2 is 1.35 bits per heavy atom. The monoisotopic (exact) mass is 225 g/mol. The van der Waals surface area contributed by atoms with E-state index in [-0.39, 0.29) is 0 Å². The highest BCUT2D eigenvalue weighted by molar-refractivity contribution is 5.64. The predicted molar refractivity (Wildman–Crippen MR) is 75.1 cm³/mol. The molecule has 0 aliphatic carbocycles. The van der Waals surface area contributed by atoms with Crippen LogP contribution in [0.3, 0.4) is 0 Å². The zero-order valence-electron chi connectivity index (χ0n) is 11.0. The minimum absolute atomic E-state index is 1.16. The van der Waals surface area contributed by atoms with Crippen molar-refractivity contribution in [1.82, 2.24) is 0 Å². The van der Waals surface area contributed by atoms with Crippen molar-refractivity contribution < 1.29 is 0 Å². The number of aryl methyl sites for hydroxylation is 4. The molecule has 0 fully saturated rings. The average Bonchev–Trinajstić information content (AvgIpc) is 2.22. The Balaban J connectivity index is 2.34. The second-order valence-electron chi connectivity index (χ2n) is 4.82. The zero-order valence-corrected chi connectivity index (χ0v) is 11.0. The second kappa shape index (κ2) is 4.62. The summed E-state index contributed by atoms with van der Waals surface area (Å²) in [4.78, 5) is 0. The lowest BCUT2D eigenvalue weighted by Gasteiger charge is -2.12. The van der Waals surface area contributed by atoms with Gasteiger partial charge in [0.2, 0.25) is 0 Å². The van der Waals surface area contributed by atoms with Crippen LogP contribution in [0.15, 0.2) is 36.4 Å². The van der Waals surface area contributed by atoms with E-state index in [4.69, 9.17) is 0 Å². The molecule has 88 valence electrons. The Kier molecular flexibility index (Phi) is 3.19. The first-order valence-corrected chi connectivity index (χ1v) is 5.97. The third-order valence-electron chi connectivity index (χ3n) is 2.89. The molecule has 0 saturated heterocycles. The SMILES string of the molecule is Cc1cc(C)cc(Nc2cc(C)ccc2C)c1. The van der Waals surface area contributed by atoms with Gasteiger partial charge in [0, 0.05) is 11.4 Å². The molecule has 0 unspecified atom stereocenters. The van der Waals surface area contributed by atoms with Crippen LogP contribution < -0.4 is 5.32 Å². The molecule has 2 aromatic carbocycles. The van der Waals surface area contributed by atoms with Crippen molar-refractivity contribution in [3.63, 3.8) is 0 Å². The molecule has 0 aliphatic rings. The Hall–Kier alpha value is -1.76. The van der Waals surface area contributed by atoms with Gasteiger partial charge in [0.15, 0.2) is 0 Å². The van der Waals surface area contributed by atoms with E-state index in [0.29, 0.717) is 0 Å². The number of anilines is 2. The van der Waals surface area contributed by atoms with Gasteiger partial charge in [0.1, 0.15) is 0 Å². The standard InChI is InChI=1S/C16H19N/c1-11-5-6-14(4)16(10-11)17-15-8-12(2)7-13(3)9-15/h5-10,17H,1-4H3. The van der Waals surface area contributed by atoms with Crippen molar-refractivity contribution in [3.8, 4) is 0 Å². The topological polar surface area (TPSA) is 12.0 Å². The quantitative estimate of drug-likeness (QED) is 0.783. The Morgan fingerprint density at radius 3 is 2.00 bits per heavy atom. The minimum atomic E-state index is 1.16. The summed E-state index contributed by atoms with van der Waals surface area (Å²) in [5.74, 6) is 0. The Labute approximate surface area is 103 Å². The van der Waals surface area contributed by atoms with Gasteiger partial charge in [0.25, 0.3) is 0 Å². The fraction of sp³-hybridized carbons (Fsp3) is 0.250. The summed E-state index contributed by atoms with van der Waals surface area (Å²) < 4.78 is 0. The molecule has 0 aliphatic heterocycles. The van der Waals surface area contributed by atoms with Gasteiger partial charge in [-0.1, -0.05) is 18.2 Å². The van der Waals surface area contributed by atoms with Gasteiger partial charge in [-0.2, -0.15) is 0 Å². The van der Waals surface area contributed by atoms with E-state index >= 15 is 0 Å². The van der Waals surface area contributed by atoms with Crippen LogP contribution in [0.2, 0.25) is 0 Å². The first kappa shape index (κ1) is 11.7. The molecular formula is C16H19N. The molecular weight excluding hydrogens is 206 g/mol. The maximum absolute atomic E-state index is 3.49. The molecule has 0 spiro atoms. The van der Waals surface area contributed by atoms with E-state index in [9.17, 15) is 0 Å². The number of benzene rings is 2. The first-order chi connectivity index (χ1) is 8.04. The van der Waals surface area contributed by atoms with Crippen LogP contribution in [-0.2, 0) is 0 Å². The van der Waals surface area contributed by atoms with Gasteiger partial charge in [-0.25, -0.2) is 0 Å². The lowest BCUT2D eigenvalue weighted by atomic mass is 10.1. The predicted octanol–water partition coefficient (Wildman–Crippen LogP) is 4.66. The van der Waals surface area contributed by atoms with E-state index in [0.717, 1.165) is 5.69 Å². The van der Waals surface area contributed by atoms with Crippen molar-refractivity contribution in [2.75, 3.05) is 5.32 Å². The van der Waals surface area contributed by atoms with Gasteiger partial charge in [-0.15, -0.1) is 0 Å². The molecule has 0 heterocycles. The number of nitrogens with one attached hydrogen (secondary N) is 1. The van der Waals surface area contributed by atoms with Gasteiger partial charge in [0.05, 0.1) is 0 Å². The van der Waals surface area contributed by atoms with Crippen molar-refractivity contribution in [2.24, 2.45) is 0 Å². The lowest BCUT2D eigenvalue weighted by Crippen LogP contribution is -1.94. The van der Waals surface area contributed by atoms with Crippen molar-refractivity contribution in [3.05, 3.63) is 58.7 Å². The molecule has 1 N–H and O–H groups in total. The molecule has 2 aromatic rings. The third kappa shape index (κ3) is 2.88. The number of hydrogen-bond acceptors (Lipinski definition) is 1. The fourth-order valence-electron chi connectivity index (χ4n) is 2.07. The Morgan fingerprint density at radius 1 is 0.706 bits per heavy atom. The summed E-state index contributed by atoms with van der Waals surface area (Å²) in [6, 6.07) is 13.0. The van der Waals surface area contributed by atoms with E-state index in [2.05, 4.69) is 69.4 Å². The van der Waals surface area contributed by atoms with Gasteiger partial charge in [-0.3, -0.25) is 0 Å². The highest BCUT2D eigenvalue weighted by Gasteiger charge is 2.00. The fourth-order valence-corrected chi connectivity index (χ4v) is 2.07. The zero-order chi connectivity index (χ0) is 12.4. The highest BCUT2D eigenvalue weighted by atomic mass is 14.9. The van der Waals surface area contributed by atoms with Crippen LogP contribution >= 0.6 is 0 Å². The van der Waals surface area contributed by atoms with Crippen molar-refractivity contribution in [1.29, 1.82) is 0 Å². The molecule has 0 radical (unpaired) electrons. The maximum atomic E-state index is 3.49. The van der Waals surface area contributed by atoms with E-state index in [1.807, 2.05) is 0 Å². The molecule has 1 heteroatoms. The second-order valence-corrected chi connectivity index (χ2v) is 4.82. The van der Waals surface area contributed by atoms with Crippen LogP contribution in [0.1, 0.15) is 22.3 Å². The van der Waals surface area contributed by atoms with Crippen LogP contribution in [0.25, 0.3) is 0 Å². The molecule has 17 heavy (non-hydrogen) atoms. The van der Waals surface area contributed by atoms with Crippen LogP contribution in [0, 0.1) is 27.7 Å². The molecule has 0 bridgehead atoms. The number of hydrogen-bond donors (Lipinski definition) is 1. The molecule has 2 rings (SSSR count). The third-order valence-corrected chi connectivity index (χ3v) is 2.89. The van der Waals surface area contributed by atoms with Gasteiger partial charge in [-0.05, 0) is 68.1 Å². The first-order valence-electron chi connectivity index (χ1n) is 5.97. The van der Waals surface area contributed by atoms with Crippen LogP contribution in [0.4, 0.5) is 11.4 Å². The van der Waals surface area contributed by atoms with Gasteiger partial charge < -0.3 is 5.32 Å². The van der Waals surface area contributed by atoms with E-state index in [1.54, 1.807) is 0 Å². The molecule has 0 atom stereocenters. The normalized spacial score (nSPS) is 10.4.